The minimum Gasteiger partial charge on any atom is -0.309 e. The van der Waals surface area contributed by atoms with Gasteiger partial charge in [0.15, 0.2) is 0 Å². The van der Waals surface area contributed by atoms with Crippen LogP contribution in [0.5, 0.6) is 0 Å². The Labute approximate surface area is 286 Å². The number of fused-ring (bicyclic) bond motifs is 4. The lowest BCUT2D eigenvalue weighted by molar-refractivity contribution is 0.590. The lowest BCUT2D eigenvalue weighted by Gasteiger charge is -2.18. The molecule has 0 fully saturated rings. The van der Waals surface area contributed by atoms with Crippen molar-refractivity contribution in [2.24, 2.45) is 0 Å². The first-order chi connectivity index (χ1) is 23.2. The van der Waals surface area contributed by atoms with Crippen LogP contribution in [0.4, 0.5) is 0 Å². The van der Waals surface area contributed by atoms with E-state index in [0.717, 1.165) is 0 Å². The highest BCUT2D eigenvalue weighted by atomic mass is 15.0. The Balaban J connectivity index is 0.000000183. The molecule has 8 aromatic rings. The van der Waals surface area contributed by atoms with Gasteiger partial charge in [-0.05, 0) is 84.0 Å². The molecule has 7 aromatic carbocycles. The van der Waals surface area contributed by atoms with Gasteiger partial charge in [-0.25, -0.2) is 0 Å². The predicted molar refractivity (Wildman–Crippen MR) is 210 cm³/mol. The summed E-state index contributed by atoms with van der Waals surface area (Å²) in [6.45, 7) is 13.0. The Kier molecular flexibility index (Phi) is 9.60. The van der Waals surface area contributed by atoms with Crippen molar-refractivity contribution in [1.29, 1.82) is 0 Å². The van der Waals surface area contributed by atoms with Crippen LogP contribution in [0.1, 0.15) is 43.0 Å². The van der Waals surface area contributed by atoms with Crippen LogP contribution in [0.2, 0.25) is 0 Å². The Morgan fingerprint density at radius 2 is 0.875 bits per heavy atom. The molecule has 1 heteroatoms. The average Bonchev–Trinajstić information content (AvgIpc) is 3.41. The van der Waals surface area contributed by atoms with E-state index in [1.807, 2.05) is 18.2 Å². The zero-order valence-electron chi connectivity index (χ0n) is 29.0. The van der Waals surface area contributed by atoms with Gasteiger partial charge in [0.1, 0.15) is 0 Å². The molecule has 1 nitrogen and oxygen atoms in total. The molecule has 8 rings (SSSR count). The van der Waals surface area contributed by atoms with Crippen LogP contribution in [-0.2, 0) is 5.41 Å². The van der Waals surface area contributed by atoms with Gasteiger partial charge in [0, 0.05) is 16.5 Å². The van der Waals surface area contributed by atoms with E-state index in [-0.39, 0.29) is 5.41 Å². The van der Waals surface area contributed by atoms with Gasteiger partial charge in [0.25, 0.3) is 0 Å². The highest BCUT2D eigenvalue weighted by Gasteiger charge is 2.14. The molecule has 0 radical (unpaired) electrons. The fourth-order valence-corrected chi connectivity index (χ4v) is 6.07. The van der Waals surface area contributed by atoms with E-state index in [1.54, 1.807) is 0 Å². The third-order valence-corrected chi connectivity index (χ3v) is 8.91. The molecule has 238 valence electrons. The molecule has 1 heterocycles. The maximum Gasteiger partial charge on any atom is 0.0547 e. The molecular formula is C47H45N. The fourth-order valence-electron chi connectivity index (χ4n) is 6.07. The Morgan fingerprint density at radius 3 is 1.44 bits per heavy atom. The summed E-state index contributed by atoms with van der Waals surface area (Å²) >= 11 is 0. The minimum atomic E-state index is 0.285. The van der Waals surface area contributed by atoms with Gasteiger partial charge in [-0.3, -0.25) is 0 Å². The second kappa shape index (κ2) is 14.2. The maximum atomic E-state index is 2.38. The number of hydrogen-bond acceptors (Lipinski definition) is 0. The summed E-state index contributed by atoms with van der Waals surface area (Å²) in [5, 5.41) is 5.14. The molecule has 0 saturated carbocycles. The van der Waals surface area contributed by atoms with Crippen LogP contribution in [0.3, 0.4) is 0 Å². The summed E-state index contributed by atoms with van der Waals surface area (Å²) in [4.78, 5) is 0. The highest BCUT2D eigenvalue weighted by molar-refractivity contribution is 6.13. The van der Waals surface area contributed by atoms with Gasteiger partial charge in [0.2, 0.25) is 0 Å². The monoisotopic (exact) mass is 623 g/mol. The first-order valence-corrected chi connectivity index (χ1v) is 16.9. The predicted octanol–water partition coefficient (Wildman–Crippen LogP) is 13.2. The van der Waals surface area contributed by atoms with Crippen LogP contribution in [0.25, 0.3) is 49.4 Å². The van der Waals surface area contributed by atoms with Crippen LogP contribution in [-0.4, -0.2) is 4.57 Å². The average molecular weight is 624 g/mol. The lowest BCUT2D eigenvalue weighted by atomic mass is 9.87. The summed E-state index contributed by atoms with van der Waals surface area (Å²) in [6, 6.07) is 58.6. The topological polar surface area (TPSA) is 4.93 Å². The van der Waals surface area contributed by atoms with Gasteiger partial charge in [0.05, 0.1) is 11.0 Å². The van der Waals surface area contributed by atoms with Gasteiger partial charge in [-0.15, -0.1) is 0 Å². The number of hydrogen-bond donors (Lipinski definition) is 0. The maximum absolute atomic E-state index is 2.38. The third kappa shape index (κ3) is 7.42. The van der Waals surface area contributed by atoms with Crippen molar-refractivity contribution in [3.63, 3.8) is 0 Å². The molecule has 48 heavy (non-hydrogen) atoms. The number of rotatable bonds is 2. The van der Waals surface area contributed by atoms with Crippen molar-refractivity contribution in [3.05, 3.63) is 186 Å². The summed E-state index contributed by atoms with van der Waals surface area (Å²) in [7, 11) is 0. The first-order valence-electron chi connectivity index (χ1n) is 16.9. The third-order valence-electron chi connectivity index (χ3n) is 8.91. The van der Waals surface area contributed by atoms with E-state index in [1.165, 1.54) is 71.6 Å². The van der Waals surface area contributed by atoms with Crippen molar-refractivity contribution in [1.82, 2.24) is 4.57 Å². The summed E-state index contributed by atoms with van der Waals surface area (Å²) in [5.41, 5.74) is 11.8. The molecule has 0 atom stereocenters. The van der Waals surface area contributed by atoms with Crippen molar-refractivity contribution in [3.8, 4) is 16.8 Å². The van der Waals surface area contributed by atoms with Crippen molar-refractivity contribution >= 4 is 32.6 Å². The minimum absolute atomic E-state index is 0.285. The SMILES string of the molecule is Cc1ccc(-c2ccc(-n3c4ccccc4c4cc5ccccc5cc43)cc2)cc1.Cc1ccc(C(C)(C)C)cc1.Cc1ccccc1. The molecule has 0 spiro atoms. The van der Waals surface area contributed by atoms with Crippen LogP contribution in [0, 0.1) is 20.8 Å². The quantitative estimate of drug-likeness (QED) is 0.181. The Morgan fingerprint density at radius 1 is 0.396 bits per heavy atom. The summed E-state index contributed by atoms with van der Waals surface area (Å²) in [5.74, 6) is 0. The smallest absolute Gasteiger partial charge is 0.0547 e. The van der Waals surface area contributed by atoms with E-state index in [0.29, 0.717) is 0 Å². The molecule has 0 aliphatic heterocycles. The van der Waals surface area contributed by atoms with E-state index >= 15 is 0 Å². The summed E-state index contributed by atoms with van der Waals surface area (Å²) < 4.78 is 2.38. The fraction of sp³-hybridized carbons (Fsp3) is 0.149. The summed E-state index contributed by atoms with van der Waals surface area (Å²) in [6.07, 6.45) is 0. The van der Waals surface area contributed by atoms with Crippen LogP contribution >= 0.6 is 0 Å². The normalized spacial score (nSPS) is 11.1. The van der Waals surface area contributed by atoms with Crippen molar-refractivity contribution in [2.45, 2.75) is 47.0 Å². The number of para-hydroxylation sites is 1. The molecule has 0 aliphatic carbocycles. The van der Waals surface area contributed by atoms with E-state index in [4.69, 9.17) is 0 Å². The van der Waals surface area contributed by atoms with Gasteiger partial charge >= 0.3 is 0 Å². The largest absolute Gasteiger partial charge is 0.309 e. The zero-order chi connectivity index (χ0) is 33.7. The van der Waals surface area contributed by atoms with Crippen LogP contribution in [0.15, 0.2) is 164 Å². The zero-order valence-corrected chi connectivity index (χ0v) is 29.0. The second-order valence-corrected chi connectivity index (χ2v) is 13.8. The number of benzene rings is 7. The van der Waals surface area contributed by atoms with Crippen molar-refractivity contribution < 1.29 is 0 Å². The molecule has 0 N–H and O–H groups in total. The number of aromatic nitrogens is 1. The molecule has 0 aliphatic rings. The molecule has 0 saturated heterocycles. The molecular weight excluding hydrogens is 579 g/mol. The van der Waals surface area contributed by atoms with Gasteiger partial charge in [-0.1, -0.05) is 171 Å². The Hall–Kier alpha value is -5.40. The molecule has 0 unspecified atom stereocenters. The first kappa shape index (κ1) is 32.5. The highest BCUT2D eigenvalue weighted by Crippen LogP contribution is 2.35. The second-order valence-electron chi connectivity index (χ2n) is 13.8. The van der Waals surface area contributed by atoms with E-state index in [9.17, 15) is 0 Å². The molecule has 0 bridgehead atoms. The Bertz CT molecular complexity index is 2250. The van der Waals surface area contributed by atoms with Gasteiger partial charge < -0.3 is 4.57 Å². The molecule has 1 aromatic heterocycles. The lowest BCUT2D eigenvalue weighted by Crippen LogP contribution is -2.10. The molecule has 0 amide bonds. The van der Waals surface area contributed by atoms with Gasteiger partial charge in [-0.2, -0.15) is 0 Å². The van der Waals surface area contributed by atoms with Crippen LogP contribution < -0.4 is 0 Å². The number of aryl methyl sites for hydroxylation is 3. The van der Waals surface area contributed by atoms with Crippen molar-refractivity contribution in [2.75, 3.05) is 0 Å². The van der Waals surface area contributed by atoms with E-state index in [2.05, 4.69) is 192 Å². The van der Waals surface area contributed by atoms with E-state index < -0.39 is 0 Å². The number of nitrogens with zero attached hydrogens (tertiary/aromatic N) is 1. The standard InChI is InChI=1S/C29H21N.C11H16.C7H8/c1-20-10-12-21(13-11-20)22-14-16-25(17-15-22)30-28-9-5-4-8-26(28)27-18-23-6-2-3-7-24(23)19-29(27)30;1-9-5-7-10(8-6-9)11(2,3)4;1-7-5-3-2-4-6-7/h2-19H,1H3;5-8H,1-4H3;2-6H,1H3.